The molecule has 0 fully saturated rings. The number of hydrogen-bond acceptors (Lipinski definition) is 2. The molecule has 0 aromatic carbocycles. The van der Waals surface area contributed by atoms with Crippen molar-refractivity contribution < 1.29 is 0 Å². The molecule has 0 aromatic rings. The average Bonchev–Trinajstić information content (AvgIpc) is 2.58. The molecule has 0 aliphatic carbocycles. The van der Waals surface area contributed by atoms with E-state index in [-0.39, 0.29) is 0 Å². The summed E-state index contributed by atoms with van der Waals surface area (Å²) in [6, 6.07) is 0. The summed E-state index contributed by atoms with van der Waals surface area (Å²) >= 11 is 0. The van der Waals surface area contributed by atoms with Gasteiger partial charge in [0.1, 0.15) is 0 Å². The van der Waals surface area contributed by atoms with Gasteiger partial charge in [-0.3, -0.25) is 0 Å². The molecule has 1 heterocycles. The lowest BCUT2D eigenvalue weighted by molar-refractivity contribution is 0.647. The predicted octanol–water partition coefficient (Wildman–Crippen LogP) is 4.37. The fraction of sp³-hybridized carbons (Fsp3) is 0.368. The van der Waals surface area contributed by atoms with Gasteiger partial charge in [-0.25, -0.2) is 0 Å². The molecule has 1 atom stereocenters. The second-order valence-corrected chi connectivity index (χ2v) is 5.30. The Kier molecular flexibility index (Phi) is 7.38. The summed E-state index contributed by atoms with van der Waals surface area (Å²) in [5.74, 6) is 0.417. The molecule has 0 spiro atoms. The lowest BCUT2D eigenvalue weighted by Gasteiger charge is -2.21. The third-order valence-electron chi connectivity index (χ3n) is 3.74. The summed E-state index contributed by atoms with van der Waals surface area (Å²) in [5.41, 5.74) is 10.7. The number of allylic oxidation sites excluding steroid dienone is 8. The van der Waals surface area contributed by atoms with Crippen LogP contribution in [-0.4, -0.2) is 6.54 Å². The summed E-state index contributed by atoms with van der Waals surface area (Å²) in [5, 5.41) is 3.29. The van der Waals surface area contributed by atoms with Crippen molar-refractivity contribution in [2.75, 3.05) is 6.54 Å². The molecule has 1 rings (SSSR count). The third kappa shape index (κ3) is 5.14. The van der Waals surface area contributed by atoms with Crippen molar-refractivity contribution in [2.45, 2.75) is 33.6 Å². The summed E-state index contributed by atoms with van der Waals surface area (Å²) < 4.78 is 0. The maximum Gasteiger partial charge on any atom is 0.0352 e. The molecular weight excluding hydrogens is 256 g/mol. The fourth-order valence-electron chi connectivity index (χ4n) is 2.39. The minimum Gasteiger partial charge on any atom is -0.398 e. The number of nitrogens with two attached hydrogens (primary N) is 1. The van der Waals surface area contributed by atoms with Gasteiger partial charge in [0, 0.05) is 12.2 Å². The van der Waals surface area contributed by atoms with E-state index in [2.05, 4.69) is 31.8 Å². The average molecular weight is 284 g/mol. The van der Waals surface area contributed by atoms with Gasteiger partial charge in [-0.2, -0.15) is 0 Å². The van der Waals surface area contributed by atoms with Gasteiger partial charge in [-0.1, -0.05) is 44.7 Å². The van der Waals surface area contributed by atoms with Crippen LogP contribution in [0.4, 0.5) is 0 Å². The van der Waals surface area contributed by atoms with E-state index in [0.717, 1.165) is 30.7 Å². The van der Waals surface area contributed by atoms with E-state index in [1.54, 1.807) is 0 Å². The molecule has 0 saturated heterocycles. The number of nitrogens with one attached hydrogen (secondary N) is 1. The quantitative estimate of drug-likeness (QED) is 0.752. The topological polar surface area (TPSA) is 38.0 Å². The van der Waals surface area contributed by atoms with Crippen molar-refractivity contribution in [1.82, 2.24) is 5.32 Å². The van der Waals surface area contributed by atoms with Crippen LogP contribution in [0.15, 0.2) is 71.7 Å². The zero-order valence-corrected chi connectivity index (χ0v) is 13.5. The largest absolute Gasteiger partial charge is 0.398 e. The van der Waals surface area contributed by atoms with Gasteiger partial charge in [-0.15, -0.1) is 0 Å². The molecule has 1 unspecified atom stereocenters. The number of rotatable bonds is 4. The second kappa shape index (κ2) is 9.06. The first kappa shape index (κ1) is 17.1. The summed E-state index contributed by atoms with van der Waals surface area (Å²) in [6.45, 7) is 11.5. The molecule has 0 radical (unpaired) electrons. The predicted molar refractivity (Wildman–Crippen MR) is 93.6 cm³/mol. The first-order valence-corrected chi connectivity index (χ1v) is 7.69. The Labute approximate surface area is 129 Å². The van der Waals surface area contributed by atoms with E-state index < -0.39 is 0 Å². The molecule has 0 bridgehead atoms. The Morgan fingerprint density at radius 1 is 1.48 bits per heavy atom. The molecule has 3 N–H and O–H groups in total. The van der Waals surface area contributed by atoms with Crippen LogP contribution < -0.4 is 11.1 Å². The van der Waals surface area contributed by atoms with Crippen LogP contribution >= 0.6 is 0 Å². The van der Waals surface area contributed by atoms with Gasteiger partial charge in [0.15, 0.2) is 0 Å². The molecule has 114 valence electrons. The highest BCUT2D eigenvalue weighted by Gasteiger charge is 2.16. The molecule has 0 saturated carbocycles. The maximum absolute atomic E-state index is 6.35. The summed E-state index contributed by atoms with van der Waals surface area (Å²) in [4.78, 5) is 0. The Bertz CT molecular complexity index is 502. The first-order chi connectivity index (χ1) is 10.1. The smallest absolute Gasteiger partial charge is 0.0352 e. The van der Waals surface area contributed by atoms with Crippen molar-refractivity contribution in [2.24, 2.45) is 11.7 Å². The van der Waals surface area contributed by atoms with E-state index in [1.807, 2.05) is 43.5 Å². The van der Waals surface area contributed by atoms with Gasteiger partial charge < -0.3 is 11.1 Å². The molecule has 0 aromatic heterocycles. The van der Waals surface area contributed by atoms with E-state index in [9.17, 15) is 0 Å². The lowest BCUT2D eigenvalue weighted by Crippen LogP contribution is -2.15. The van der Waals surface area contributed by atoms with Crippen molar-refractivity contribution >= 4 is 0 Å². The van der Waals surface area contributed by atoms with Crippen LogP contribution in [0, 0.1) is 5.92 Å². The van der Waals surface area contributed by atoms with Gasteiger partial charge >= 0.3 is 0 Å². The van der Waals surface area contributed by atoms with Crippen LogP contribution in [0.3, 0.4) is 0 Å². The van der Waals surface area contributed by atoms with E-state index in [4.69, 9.17) is 5.73 Å². The normalized spacial score (nSPS) is 23.8. The molecule has 0 amide bonds. The second-order valence-electron chi connectivity index (χ2n) is 5.30. The van der Waals surface area contributed by atoms with Crippen LogP contribution in [0.1, 0.15) is 33.6 Å². The minimum absolute atomic E-state index is 0.417. The van der Waals surface area contributed by atoms with Crippen LogP contribution in [0.25, 0.3) is 0 Å². The monoisotopic (exact) mass is 284 g/mol. The van der Waals surface area contributed by atoms with Crippen molar-refractivity contribution in [3.8, 4) is 0 Å². The van der Waals surface area contributed by atoms with Gasteiger partial charge in [0.05, 0.1) is 0 Å². The molecule has 2 nitrogen and oxygen atoms in total. The van der Waals surface area contributed by atoms with Crippen molar-refractivity contribution in [1.29, 1.82) is 0 Å². The van der Waals surface area contributed by atoms with Crippen LogP contribution in [0.5, 0.6) is 0 Å². The van der Waals surface area contributed by atoms with Gasteiger partial charge in [0.2, 0.25) is 0 Å². The highest BCUT2D eigenvalue weighted by molar-refractivity contribution is 5.49. The lowest BCUT2D eigenvalue weighted by atomic mass is 9.86. The van der Waals surface area contributed by atoms with E-state index >= 15 is 0 Å². The highest BCUT2D eigenvalue weighted by atomic mass is 14.8. The van der Waals surface area contributed by atoms with Crippen molar-refractivity contribution in [3.63, 3.8) is 0 Å². The minimum atomic E-state index is 0.417. The zero-order valence-electron chi connectivity index (χ0n) is 13.5. The molecule has 21 heavy (non-hydrogen) atoms. The fourth-order valence-corrected chi connectivity index (χ4v) is 2.39. The standard InChI is InChI=1S/C19H28N2/c1-5-7-11-18(20)19(15(3)6-2)17-12-14-21-13-9-8-10-16(17)4/h5,7-11,13,15,21H,4,6,12,14,20H2,1-3H3/b7-5-,10-8-,13-9-,18-11-,19-17+. The van der Waals surface area contributed by atoms with Gasteiger partial charge in [0.25, 0.3) is 0 Å². The molecular formula is C19H28N2. The van der Waals surface area contributed by atoms with Crippen LogP contribution in [-0.2, 0) is 0 Å². The zero-order chi connectivity index (χ0) is 15.7. The Morgan fingerprint density at radius 2 is 2.24 bits per heavy atom. The highest BCUT2D eigenvalue weighted by Crippen LogP contribution is 2.29. The van der Waals surface area contributed by atoms with Crippen LogP contribution in [0.2, 0.25) is 0 Å². The van der Waals surface area contributed by atoms with Crippen molar-refractivity contribution in [3.05, 3.63) is 71.7 Å². The third-order valence-corrected chi connectivity index (χ3v) is 3.74. The Balaban J connectivity index is 3.32. The molecule has 1 aliphatic rings. The number of hydrogen-bond donors (Lipinski definition) is 2. The summed E-state index contributed by atoms with van der Waals surface area (Å²) in [6.07, 6.45) is 16.0. The SMILES string of the molecule is C=C1/C=C\C=C/NCC\C1=C(/C(N)=C/C=C\C)C(C)CC. The molecule has 2 heteroatoms. The van der Waals surface area contributed by atoms with Gasteiger partial charge in [-0.05, 0) is 60.8 Å². The van der Waals surface area contributed by atoms with E-state index in [0.29, 0.717) is 5.92 Å². The Morgan fingerprint density at radius 3 is 2.90 bits per heavy atom. The first-order valence-electron chi connectivity index (χ1n) is 7.69. The maximum atomic E-state index is 6.35. The van der Waals surface area contributed by atoms with E-state index in [1.165, 1.54) is 11.1 Å². The Hall–Kier alpha value is -1.96. The summed E-state index contributed by atoms with van der Waals surface area (Å²) in [7, 11) is 0. The molecule has 1 aliphatic heterocycles.